The minimum Gasteiger partial charge on any atom is -0.497 e. The third kappa shape index (κ3) is 1.87. The third-order valence-electron chi connectivity index (χ3n) is 3.96. The van der Waals surface area contributed by atoms with Gasteiger partial charge < -0.3 is 14.9 Å². The SMILES string of the molecule is COc1ccc([C@]2(O)C(=O)c3ccccc3C(=O)[C@H]2O)cc1. The van der Waals surface area contributed by atoms with E-state index in [4.69, 9.17) is 4.74 Å². The summed E-state index contributed by atoms with van der Waals surface area (Å²) in [4.78, 5) is 24.9. The molecule has 0 aromatic heterocycles. The number of ether oxygens (including phenoxy) is 1. The van der Waals surface area contributed by atoms with Gasteiger partial charge in [-0.15, -0.1) is 0 Å². The van der Waals surface area contributed by atoms with Crippen LogP contribution in [0.2, 0.25) is 0 Å². The highest BCUT2D eigenvalue weighted by molar-refractivity contribution is 6.20. The second kappa shape index (κ2) is 5.05. The van der Waals surface area contributed by atoms with Gasteiger partial charge in [0.1, 0.15) is 5.75 Å². The van der Waals surface area contributed by atoms with Crippen LogP contribution in [0.1, 0.15) is 26.3 Å². The summed E-state index contributed by atoms with van der Waals surface area (Å²) in [5, 5.41) is 21.0. The average Bonchev–Trinajstić information content (AvgIpc) is 2.58. The summed E-state index contributed by atoms with van der Waals surface area (Å²) in [6.45, 7) is 0. The fourth-order valence-electron chi connectivity index (χ4n) is 2.70. The number of fused-ring (bicyclic) bond motifs is 1. The molecule has 112 valence electrons. The Kier molecular flexibility index (Phi) is 3.31. The lowest BCUT2D eigenvalue weighted by atomic mass is 9.73. The van der Waals surface area contributed by atoms with Crippen LogP contribution in [0.5, 0.6) is 5.75 Å². The lowest BCUT2D eigenvalue weighted by Gasteiger charge is -2.35. The molecule has 3 rings (SSSR count). The van der Waals surface area contributed by atoms with Gasteiger partial charge in [0.25, 0.3) is 0 Å². The van der Waals surface area contributed by atoms with E-state index >= 15 is 0 Å². The minimum absolute atomic E-state index is 0.108. The third-order valence-corrected chi connectivity index (χ3v) is 3.96. The molecular weight excluding hydrogens is 284 g/mol. The lowest BCUT2D eigenvalue weighted by Crippen LogP contribution is -2.54. The van der Waals surface area contributed by atoms with Gasteiger partial charge in [-0.25, -0.2) is 0 Å². The maximum absolute atomic E-state index is 12.7. The summed E-state index contributed by atoms with van der Waals surface area (Å²) in [6.07, 6.45) is -1.84. The number of rotatable bonds is 2. The van der Waals surface area contributed by atoms with Crippen LogP contribution >= 0.6 is 0 Å². The molecule has 2 aromatic carbocycles. The van der Waals surface area contributed by atoms with Gasteiger partial charge in [-0.2, -0.15) is 0 Å². The number of Topliss-reactive ketones (excluding diaryl/α,β-unsaturated/α-hetero) is 2. The number of hydrogen-bond donors (Lipinski definition) is 2. The van der Waals surface area contributed by atoms with Crippen LogP contribution in [0.3, 0.4) is 0 Å². The van der Waals surface area contributed by atoms with Gasteiger partial charge in [-0.3, -0.25) is 9.59 Å². The highest BCUT2D eigenvalue weighted by atomic mass is 16.5. The largest absolute Gasteiger partial charge is 0.497 e. The van der Waals surface area contributed by atoms with Gasteiger partial charge in [0, 0.05) is 11.1 Å². The van der Waals surface area contributed by atoms with E-state index in [1.165, 1.54) is 31.4 Å². The van der Waals surface area contributed by atoms with Crippen LogP contribution in [-0.2, 0) is 5.60 Å². The van der Waals surface area contributed by atoms with Crippen molar-refractivity contribution in [2.75, 3.05) is 7.11 Å². The Labute approximate surface area is 126 Å². The molecule has 0 aliphatic heterocycles. The van der Waals surface area contributed by atoms with Crippen molar-refractivity contribution < 1.29 is 24.5 Å². The smallest absolute Gasteiger partial charge is 0.202 e. The molecule has 0 saturated heterocycles. The normalized spacial score (nSPS) is 24.0. The molecule has 2 atom stereocenters. The minimum atomic E-state index is -2.29. The fraction of sp³-hybridized carbons (Fsp3) is 0.176. The zero-order valence-electron chi connectivity index (χ0n) is 11.8. The van der Waals surface area contributed by atoms with E-state index in [-0.39, 0.29) is 16.7 Å². The van der Waals surface area contributed by atoms with E-state index in [0.29, 0.717) is 5.75 Å². The second-order valence-electron chi connectivity index (χ2n) is 5.14. The van der Waals surface area contributed by atoms with Crippen molar-refractivity contribution in [3.63, 3.8) is 0 Å². The summed E-state index contributed by atoms with van der Waals surface area (Å²) >= 11 is 0. The Balaban J connectivity index is 2.16. The Bertz CT molecular complexity index is 750. The van der Waals surface area contributed by atoms with E-state index in [1.807, 2.05) is 0 Å². The van der Waals surface area contributed by atoms with Gasteiger partial charge in [-0.1, -0.05) is 36.4 Å². The van der Waals surface area contributed by atoms with E-state index in [0.717, 1.165) is 0 Å². The Morgan fingerprint density at radius 3 is 2.18 bits per heavy atom. The van der Waals surface area contributed by atoms with Crippen LogP contribution < -0.4 is 4.74 Å². The number of aliphatic hydroxyl groups is 2. The first-order valence-corrected chi connectivity index (χ1v) is 6.73. The van der Waals surface area contributed by atoms with Crippen LogP contribution in [0.25, 0.3) is 0 Å². The zero-order valence-corrected chi connectivity index (χ0v) is 11.8. The first kappa shape index (κ1) is 14.4. The first-order valence-electron chi connectivity index (χ1n) is 6.73. The molecular formula is C17H14O5. The monoisotopic (exact) mass is 298 g/mol. The fourth-order valence-corrected chi connectivity index (χ4v) is 2.70. The number of carbonyl (C=O) groups is 2. The lowest BCUT2D eigenvalue weighted by molar-refractivity contribution is -0.0443. The molecule has 2 aromatic rings. The molecule has 1 aliphatic rings. The number of methoxy groups -OCH3 is 1. The Morgan fingerprint density at radius 1 is 1.00 bits per heavy atom. The summed E-state index contributed by atoms with van der Waals surface area (Å²) in [7, 11) is 1.49. The topological polar surface area (TPSA) is 83.8 Å². The van der Waals surface area contributed by atoms with E-state index in [1.54, 1.807) is 24.3 Å². The van der Waals surface area contributed by atoms with Gasteiger partial charge >= 0.3 is 0 Å². The molecule has 22 heavy (non-hydrogen) atoms. The van der Waals surface area contributed by atoms with Crippen molar-refractivity contribution in [3.05, 3.63) is 65.2 Å². The van der Waals surface area contributed by atoms with Gasteiger partial charge in [0.05, 0.1) is 7.11 Å². The van der Waals surface area contributed by atoms with Gasteiger partial charge in [0.15, 0.2) is 17.5 Å². The highest BCUT2D eigenvalue weighted by Crippen LogP contribution is 2.37. The molecule has 2 N–H and O–H groups in total. The molecule has 5 heteroatoms. The molecule has 0 saturated carbocycles. The maximum Gasteiger partial charge on any atom is 0.202 e. The van der Waals surface area contributed by atoms with Crippen LogP contribution in [0, 0.1) is 0 Å². The van der Waals surface area contributed by atoms with Crippen molar-refractivity contribution in [1.82, 2.24) is 0 Å². The van der Waals surface area contributed by atoms with Gasteiger partial charge in [-0.05, 0) is 17.7 Å². The second-order valence-corrected chi connectivity index (χ2v) is 5.14. The molecule has 0 bridgehead atoms. The number of hydrogen-bond acceptors (Lipinski definition) is 5. The number of carbonyl (C=O) groups excluding carboxylic acids is 2. The van der Waals surface area contributed by atoms with E-state index < -0.39 is 23.3 Å². The molecule has 5 nitrogen and oxygen atoms in total. The van der Waals surface area contributed by atoms with Crippen molar-refractivity contribution >= 4 is 11.6 Å². The number of aliphatic hydroxyl groups excluding tert-OH is 1. The average molecular weight is 298 g/mol. The first-order chi connectivity index (χ1) is 10.5. The predicted molar refractivity (Wildman–Crippen MR) is 78.0 cm³/mol. The highest BCUT2D eigenvalue weighted by Gasteiger charge is 2.53. The Morgan fingerprint density at radius 2 is 1.59 bits per heavy atom. The predicted octanol–water partition coefficient (Wildman–Crippen LogP) is 1.32. The van der Waals surface area contributed by atoms with Crippen molar-refractivity contribution in [3.8, 4) is 5.75 Å². The molecule has 0 amide bonds. The van der Waals surface area contributed by atoms with Crippen molar-refractivity contribution in [2.24, 2.45) is 0 Å². The quantitative estimate of drug-likeness (QED) is 0.873. The molecule has 0 unspecified atom stereocenters. The standard InChI is InChI=1S/C17H14O5/c1-22-11-8-6-10(7-9-11)17(21)15(19)13-5-3-2-4-12(13)14(18)16(17)20/h2-9,16,20-21H,1H3/t16-,17+/m1/s1. The Hall–Kier alpha value is -2.50. The number of benzene rings is 2. The van der Waals surface area contributed by atoms with Crippen LogP contribution in [0.15, 0.2) is 48.5 Å². The summed E-state index contributed by atoms with van der Waals surface area (Å²) in [5.41, 5.74) is -1.92. The van der Waals surface area contributed by atoms with Gasteiger partial charge in [0.2, 0.25) is 5.78 Å². The zero-order chi connectivity index (χ0) is 15.9. The van der Waals surface area contributed by atoms with Crippen molar-refractivity contribution in [1.29, 1.82) is 0 Å². The summed E-state index contributed by atoms with van der Waals surface area (Å²) in [5.74, 6) is -0.828. The summed E-state index contributed by atoms with van der Waals surface area (Å²) in [6, 6.07) is 12.2. The van der Waals surface area contributed by atoms with Crippen LogP contribution in [-0.4, -0.2) is 35.0 Å². The molecule has 0 spiro atoms. The molecule has 0 fully saturated rings. The van der Waals surface area contributed by atoms with Crippen LogP contribution in [0.4, 0.5) is 0 Å². The van der Waals surface area contributed by atoms with E-state index in [9.17, 15) is 19.8 Å². The van der Waals surface area contributed by atoms with Crippen molar-refractivity contribution in [2.45, 2.75) is 11.7 Å². The van der Waals surface area contributed by atoms with E-state index in [2.05, 4.69) is 0 Å². The molecule has 1 aliphatic carbocycles. The summed E-state index contributed by atoms with van der Waals surface area (Å²) < 4.78 is 5.02. The molecule has 0 radical (unpaired) electrons. The molecule has 0 heterocycles. The maximum atomic E-state index is 12.7. The number of ketones is 2.